The van der Waals surface area contributed by atoms with Crippen LogP contribution in [0.4, 0.5) is 4.39 Å². The van der Waals surface area contributed by atoms with Crippen LogP contribution in [0.2, 0.25) is 0 Å². The van der Waals surface area contributed by atoms with Gasteiger partial charge in [0.1, 0.15) is 11.9 Å². The van der Waals surface area contributed by atoms with Crippen LogP contribution in [0.25, 0.3) is 0 Å². The summed E-state index contributed by atoms with van der Waals surface area (Å²) in [6.45, 7) is -0.850. The van der Waals surface area contributed by atoms with Crippen molar-refractivity contribution in [3.63, 3.8) is 0 Å². The van der Waals surface area contributed by atoms with Crippen molar-refractivity contribution >= 4 is 17.8 Å². The standard InChI is InChI=1S/C13H15FN2O5/c14-9-3-1-2-8(6-9)12(19)15-7-11(18)16-10(4-5-17)13(20)21/h1-3,6,10,17H,4-5,7H2,(H,15,19)(H,16,18)(H,20,21). The molecule has 0 fully saturated rings. The number of carbonyl (C=O) groups excluding carboxylic acids is 2. The van der Waals surface area contributed by atoms with E-state index in [1.54, 1.807) is 0 Å². The summed E-state index contributed by atoms with van der Waals surface area (Å²) in [6.07, 6.45) is -0.140. The number of rotatable bonds is 7. The molecular formula is C13H15FN2O5. The van der Waals surface area contributed by atoms with Gasteiger partial charge in [-0.05, 0) is 18.2 Å². The third kappa shape index (κ3) is 5.57. The van der Waals surface area contributed by atoms with E-state index in [1.165, 1.54) is 18.2 Å². The second kappa shape index (κ2) is 7.95. The van der Waals surface area contributed by atoms with Crippen LogP contribution >= 0.6 is 0 Å². The summed E-state index contributed by atoms with van der Waals surface area (Å²) in [5.41, 5.74) is 0.0490. The highest BCUT2D eigenvalue weighted by atomic mass is 19.1. The quantitative estimate of drug-likeness (QED) is 0.542. The van der Waals surface area contributed by atoms with Crippen LogP contribution in [0.3, 0.4) is 0 Å². The summed E-state index contributed by atoms with van der Waals surface area (Å²) in [5, 5.41) is 21.8. The van der Waals surface area contributed by atoms with Crippen LogP contribution in [0.1, 0.15) is 16.8 Å². The zero-order valence-electron chi connectivity index (χ0n) is 11.0. The SMILES string of the molecule is O=C(CNC(=O)c1cccc(F)c1)NC(CCO)C(=O)O. The fourth-order valence-electron chi connectivity index (χ4n) is 1.52. The minimum atomic E-state index is -1.28. The molecule has 8 heteroatoms. The average Bonchev–Trinajstić information content (AvgIpc) is 2.44. The van der Waals surface area contributed by atoms with E-state index in [0.717, 1.165) is 6.07 Å². The van der Waals surface area contributed by atoms with E-state index < -0.39 is 42.8 Å². The number of nitrogens with one attached hydrogen (secondary N) is 2. The molecule has 0 aromatic heterocycles. The number of carboxylic acid groups (broad SMARTS) is 1. The van der Waals surface area contributed by atoms with Crippen molar-refractivity contribution in [2.45, 2.75) is 12.5 Å². The summed E-state index contributed by atoms with van der Waals surface area (Å²) >= 11 is 0. The predicted octanol–water partition coefficient (Wildman–Crippen LogP) is -0.493. The van der Waals surface area contributed by atoms with E-state index in [2.05, 4.69) is 10.6 Å². The van der Waals surface area contributed by atoms with Crippen LogP contribution in [-0.2, 0) is 9.59 Å². The Kier molecular flexibility index (Phi) is 6.28. The molecule has 1 aromatic rings. The van der Waals surface area contributed by atoms with Gasteiger partial charge in [-0.25, -0.2) is 9.18 Å². The monoisotopic (exact) mass is 298 g/mol. The van der Waals surface area contributed by atoms with E-state index >= 15 is 0 Å². The summed E-state index contributed by atoms with van der Waals surface area (Å²) < 4.78 is 12.9. The van der Waals surface area contributed by atoms with Gasteiger partial charge < -0.3 is 20.8 Å². The Morgan fingerprint density at radius 2 is 2.00 bits per heavy atom. The maximum Gasteiger partial charge on any atom is 0.326 e. The Hall–Kier alpha value is -2.48. The molecule has 4 N–H and O–H groups in total. The van der Waals surface area contributed by atoms with Crippen molar-refractivity contribution in [2.75, 3.05) is 13.2 Å². The molecule has 0 bridgehead atoms. The summed E-state index contributed by atoms with van der Waals surface area (Å²) in [5.74, 6) is -3.24. The molecule has 0 saturated heterocycles. The highest BCUT2D eigenvalue weighted by Crippen LogP contribution is 2.02. The number of hydrogen-bond donors (Lipinski definition) is 4. The third-order valence-corrected chi connectivity index (χ3v) is 2.55. The smallest absolute Gasteiger partial charge is 0.326 e. The van der Waals surface area contributed by atoms with Gasteiger partial charge >= 0.3 is 5.97 Å². The van der Waals surface area contributed by atoms with Crippen LogP contribution in [0, 0.1) is 5.82 Å². The fourth-order valence-corrected chi connectivity index (χ4v) is 1.52. The van der Waals surface area contributed by atoms with Crippen molar-refractivity contribution < 1.29 is 29.0 Å². The molecule has 0 spiro atoms. The average molecular weight is 298 g/mol. The van der Waals surface area contributed by atoms with Crippen LogP contribution < -0.4 is 10.6 Å². The zero-order chi connectivity index (χ0) is 15.8. The van der Waals surface area contributed by atoms with Gasteiger partial charge in [-0.2, -0.15) is 0 Å². The number of amides is 2. The number of benzene rings is 1. The highest BCUT2D eigenvalue weighted by molar-refractivity contribution is 5.96. The zero-order valence-corrected chi connectivity index (χ0v) is 11.0. The number of carbonyl (C=O) groups is 3. The second-order valence-corrected chi connectivity index (χ2v) is 4.16. The van der Waals surface area contributed by atoms with Crippen LogP contribution in [-0.4, -0.2) is 47.2 Å². The normalized spacial score (nSPS) is 11.5. The molecule has 0 saturated carbocycles. The van der Waals surface area contributed by atoms with Crippen LogP contribution in [0.15, 0.2) is 24.3 Å². The van der Waals surface area contributed by atoms with Gasteiger partial charge in [0, 0.05) is 18.6 Å². The number of aliphatic carboxylic acids is 1. The van der Waals surface area contributed by atoms with Crippen molar-refractivity contribution in [1.29, 1.82) is 0 Å². The van der Waals surface area contributed by atoms with Crippen molar-refractivity contribution in [2.24, 2.45) is 0 Å². The molecule has 0 aliphatic heterocycles. The molecule has 1 rings (SSSR count). The van der Waals surface area contributed by atoms with E-state index in [1.807, 2.05) is 0 Å². The van der Waals surface area contributed by atoms with Gasteiger partial charge in [0.25, 0.3) is 5.91 Å². The molecule has 0 aliphatic carbocycles. The van der Waals surface area contributed by atoms with Gasteiger partial charge in [0.15, 0.2) is 0 Å². The van der Waals surface area contributed by atoms with Gasteiger partial charge in [-0.1, -0.05) is 6.07 Å². The first-order valence-corrected chi connectivity index (χ1v) is 6.11. The Morgan fingerprint density at radius 1 is 1.29 bits per heavy atom. The first kappa shape index (κ1) is 16.6. The molecule has 1 aromatic carbocycles. The highest BCUT2D eigenvalue weighted by Gasteiger charge is 2.19. The molecule has 0 radical (unpaired) electrons. The van der Waals surface area contributed by atoms with Gasteiger partial charge in [-0.15, -0.1) is 0 Å². The largest absolute Gasteiger partial charge is 0.480 e. The van der Waals surface area contributed by atoms with Crippen molar-refractivity contribution in [3.05, 3.63) is 35.6 Å². The van der Waals surface area contributed by atoms with E-state index in [0.29, 0.717) is 0 Å². The molecule has 2 amide bonds. The Bertz CT molecular complexity index is 535. The molecule has 7 nitrogen and oxygen atoms in total. The summed E-state index contributed by atoms with van der Waals surface area (Å²) in [4.78, 5) is 33.9. The van der Waals surface area contributed by atoms with Gasteiger partial charge in [0.2, 0.25) is 5.91 Å². The van der Waals surface area contributed by atoms with E-state index in [-0.39, 0.29) is 12.0 Å². The van der Waals surface area contributed by atoms with Crippen molar-refractivity contribution in [1.82, 2.24) is 10.6 Å². The third-order valence-electron chi connectivity index (χ3n) is 2.55. The van der Waals surface area contributed by atoms with Gasteiger partial charge in [0.05, 0.1) is 6.54 Å². The lowest BCUT2D eigenvalue weighted by atomic mass is 10.2. The number of hydrogen-bond acceptors (Lipinski definition) is 4. The lowest BCUT2D eigenvalue weighted by Gasteiger charge is -2.13. The molecule has 1 unspecified atom stereocenters. The predicted molar refractivity (Wildman–Crippen MR) is 70.0 cm³/mol. The molecule has 114 valence electrons. The number of aliphatic hydroxyl groups excluding tert-OH is 1. The number of aliphatic hydroxyl groups is 1. The number of halogens is 1. The maximum absolute atomic E-state index is 12.9. The summed E-state index contributed by atoms with van der Waals surface area (Å²) in [6, 6.07) is 3.69. The number of carboxylic acids is 1. The molecule has 0 heterocycles. The fraction of sp³-hybridized carbons (Fsp3) is 0.308. The van der Waals surface area contributed by atoms with E-state index in [9.17, 15) is 18.8 Å². The molecule has 21 heavy (non-hydrogen) atoms. The Labute approximate surface area is 119 Å². The Balaban J connectivity index is 2.49. The van der Waals surface area contributed by atoms with Crippen molar-refractivity contribution in [3.8, 4) is 0 Å². The molecular weight excluding hydrogens is 283 g/mol. The van der Waals surface area contributed by atoms with Crippen LogP contribution in [0.5, 0.6) is 0 Å². The van der Waals surface area contributed by atoms with E-state index in [4.69, 9.17) is 10.2 Å². The maximum atomic E-state index is 12.9. The second-order valence-electron chi connectivity index (χ2n) is 4.16. The van der Waals surface area contributed by atoms with Gasteiger partial charge in [-0.3, -0.25) is 9.59 Å². The molecule has 0 aliphatic rings. The lowest BCUT2D eigenvalue weighted by Crippen LogP contribution is -2.45. The summed E-state index contributed by atoms with van der Waals surface area (Å²) in [7, 11) is 0. The minimum Gasteiger partial charge on any atom is -0.480 e. The Morgan fingerprint density at radius 3 is 2.57 bits per heavy atom. The first-order valence-electron chi connectivity index (χ1n) is 6.11. The minimum absolute atomic E-state index is 0.0490. The first-order chi connectivity index (χ1) is 9.93. The lowest BCUT2D eigenvalue weighted by molar-refractivity contribution is -0.142. The molecule has 1 atom stereocenters. The topological polar surface area (TPSA) is 116 Å².